The largest absolute Gasteiger partial charge is 0.352 e. The third-order valence-electron chi connectivity index (χ3n) is 4.98. The van der Waals surface area contributed by atoms with Crippen LogP contribution in [0.3, 0.4) is 0 Å². The zero-order valence-corrected chi connectivity index (χ0v) is 16.6. The smallest absolute Gasteiger partial charge is 0.264 e. The Hall–Kier alpha value is -3.19. The van der Waals surface area contributed by atoms with Crippen LogP contribution in [0.5, 0.6) is 0 Å². The number of carbonyl (C=O) groups is 1. The molecular formula is C22H21N3O3S. The van der Waals surface area contributed by atoms with Crippen LogP contribution in [-0.2, 0) is 22.9 Å². The van der Waals surface area contributed by atoms with Gasteiger partial charge in [0.25, 0.3) is 15.9 Å². The molecule has 1 aliphatic heterocycles. The van der Waals surface area contributed by atoms with E-state index in [-0.39, 0.29) is 10.8 Å². The van der Waals surface area contributed by atoms with Gasteiger partial charge in [0.15, 0.2) is 0 Å². The van der Waals surface area contributed by atoms with Gasteiger partial charge in [-0.3, -0.25) is 14.1 Å². The molecule has 29 heavy (non-hydrogen) atoms. The van der Waals surface area contributed by atoms with Crippen molar-refractivity contribution in [1.82, 2.24) is 10.3 Å². The molecule has 0 aliphatic carbocycles. The predicted molar refractivity (Wildman–Crippen MR) is 111 cm³/mol. The molecular weight excluding hydrogens is 386 g/mol. The van der Waals surface area contributed by atoms with Gasteiger partial charge >= 0.3 is 0 Å². The predicted octanol–water partition coefficient (Wildman–Crippen LogP) is 2.81. The lowest BCUT2D eigenvalue weighted by Crippen LogP contribution is -2.29. The number of anilines is 1. The Balaban J connectivity index is 1.51. The van der Waals surface area contributed by atoms with E-state index < -0.39 is 10.0 Å². The van der Waals surface area contributed by atoms with Crippen LogP contribution in [-0.4, -0.2) is 32.4 Å². The van der Waals surface area contributed by atoms with Crippen molar-refractivity contribution in [3.05, 3.63) is 89.7 Å². The lowest BCUT2D eigenvalue weighted by atomic mass is 10.1. The molecule has 7 heteroatoms. The van der Waals surface area contributed by atoms with E-state index in [9.17, 15) is 13.2 Å². The summed E-state index contributed by atoms with van der Waals surface area (Å²) < 4.78 is 27.4. The van der Waals surface area contributed by atoms with Gasteiger partial charge in [-0.15, -0.1) is 0 Å². The highest BCUT2D eigenvalue weighted by molar-refractivity contribution is 7.92. The zero-order chi connectivity index (χ0) is 20.3. The monoisotopic (exact) mass is 407 g/mol. The first-order chi connectivity index (χ1) is 14.1. The summed E-state index contributed by atoms with van der Waals surface area (Å²) in [5, 5.41) is 2.90. The fourth-order valence-corrected chi connectivity index (χ4v) is 4.95. The van der Waals surface area contributed by atoms with Crippen LogP contribution in [0.25, 0.3) is 0 Å². The number of aromatic nitrogens is 1. The summed E-state index contributed by atoms with van der Waals surface area (Å²) in [5.41, 5.74) is 3.05. The van der Waals surface area contributed by atoms with E-state index in [0.717, 1.165) is 11.1 Å². The van der Waals surface area contributed by atoms with Gasteiger partial charge in [0.2, 0.25) is 0 Å². The Labute approximate surface area is 170 Å². The minimum atomic E-state index is -3.65. The summed E-state index contributed by atoms with van der Waals surface area (Å²) in [5.74, 6) is -0.217. The Morgan fingerprint density at radius 1 is 1.03 bits per heavy atom. The Morgan fingerprint density at radius 3 is 2.55 bits per heavy atom. The number of hydrogen-bond donors (Lipinski definition) is 1. The molecule has 1 amide bonds. The summed E-state index contributed by atoms with van der Waals surface area (Å²) in [6.45, 7) is 0.867. The zero-order valence-electron chi connectivity index (χ0n) is 15.8. The summed E-state index contributed by atoms with van der Waals surface area (Å²) in [7, 11) is -3.65. The van der Waals surface area contributed by atoms with Crippen molar-refractivity contribution in [2.45, 2.75) is 17.7 Å². The molecule has 0 fully saturated rings. The molecule has 4 rings (SSSR count). The molecule has 0 saturated carbocycles. The fourth-order valence-electron chi connectivity index (χ4n) is 3.43. The van der Waals surface area contributed by atoms with Crippen molar-refractivity contribution >= 4 is 21.6 Å². The summed E-state index contributed by atoms with van der Waals surface area (Å²) in [6.07, 6.45) is 4.78. The first-order valence-electron chi connectivity index (χ1n) is 9.43. The normalized spacial score (nSPS) is 13.2. The maximum atomic E-state index is 13.0. The van der Waals surface area contributed by atoms with Gasteiger partial charge in [0, 0.05) is 31.0 Å². The number of nitrogens with one attached hydrogen (secondary N) is 1. The number of sulfonamides is 1. The Bertz CT molecular complexity index is 1120. The molecule has 3 aromatic rings. The topological polar surface area (TPSA) is 79.4 Å². The average Bonchev–Trinajstić information content (AvgIpc) is 3.19. The van der Waals surface area contributed by atoms with Crippen molar-refractivity contribution in [3.63, 3.8) is 0 Å². The third kappa shape index (κ3) is 4.00. The van der Waals surface area contributed by atoms with Crippen LogP contribution in [0, 0.1) is 0 Å². The second-order valence-corrected chi connectivity index (χ2v) is 8.71. The van der Waals surface area contributed by atoms with Crippen LogP contribution in [0.2, 0.25) is 0 Å². The highest BCUT2D eigenvalue weighted by Crippen LogP contribution is 2.33. The molecule has 1 N–H and O–H groups in total. The van der Waals surface area contributed by atoms with Gasteiger partial charge in [-0.25, -0.2) is 8.42 Å². The lowest BCUT2D eigenvalue weighted by molar-refractivity contribution is 0.0954. The quantitative estimate of drug-likeness (QED) is 0.681. The van der Waals surface area contributed by atoms with Gasteiger partial charge in [-0.2, -0.15) is 0 Å². The molecule has 0 atom stereocenters. The number of benzene rings is 2. The van der Waals surface area contributed by atoms with Gasteiger partial charge in [0.05, 0.1) is 10.6 Å². The van der Waals surface area contributed by atoms with Crippen molar-refractivity contribution in [1.29, 1.82) is 0 Å². The molecule has 1 aromatic heterocycles. The summed E-state index contributed by atoms with van der Waals surface area (Å²) >= 11 is 0. The fraction of sp³-hybridized carbons (Fsp3) is 0.182. The van der Waals surface area contributed by atoms with Gasteiger partial charge in [0.1, 0.15) is 0 Å². The average molecular weight is 407 g/mol. The minimum absolute atomic E-state index is 0.217. The second-order valence-electron chi connectivity index (χ2n) is 6.85. The van der Waals surface area contributed by atoms with E-state index in [1.165, 1.54) is 4.31 Å². The Morgan fingerprint density at radius 2 is 1.79 bits per heavy atom. The molecule has 0 unspecified atom stereocenters. The third-order valence-corrected chi connectivity index (χ3v) is 6.81. The Kier molecular flexibility index (Phi) is 5.31. The molecule has 0 saturated heterocycles. The number of amides is 1. The second kappa shape index (κ2) is 8.05. The number of rotatable bonds is 6. The first kappa shape index (κ1) is 19.1. The maximum Gasteiger partial charge on any atom is 0.264 e. The van der Waals surface area contributed by atoms with Crippen molar-refractivity contribution in [3.8, 4) is 0 Å². The molecule has 2 heterocycles. The number of hydrogen-bond acceptors (Lipinski definition) is 4. The number of pyridine rings is 1. The SMILES string of the molecule is O=C(NCCc1ccncc1)c1ccc2c(c1)N(S(=O)(=O)c1ccccc1)CC2. The maximum absolute atomic E-state index is 13.0. The highest BCUT2D eigenvalue weighted by atomic mass is 32.2. The lowest BCUT2D eigenvalue weighted by Gasteiger charge is -2.20. The molecule has 0 bridgehead atoms. The standard InChI is InChI=1S/C22H21N3O3S/c26-22(24-14-10-17-8-12-23-13-9-17)19-7-6-18-11-15-25(21(18)16-19)29(27,28)20-4-2-1-3-5-20/h1-9,12-13,16H,10-11,14-15H2,(H,24,26). The van der Waals surface area contributed by atoms with Crippen LogP contribution in [0.15, 0.2) is 78.0 Å². The molecule has 6 nitrogen and oxygen atoms in total. The van der Waals surface area contributed by atoms with Crippen molar-refractivity contribution in [2.75, 3.05) is 17.4 Å². The van der Waals surface area contributed by atoms with Gasteiger partial charge in [-0.05, 0) is 60.4 Å². The highest BCUT2D eigenvalue weighted by Gasteiger charge is 2.31. The van der Waals surface area contributed by atoms with E-state index in [0.29, 0.717) is 37.2 Å². The van der Waals surface area contributed by atoms with E-state index in [1.54, 1.807) is 54.9 Å². The van der Waals surface area contributed by atoms with Crippen LogP contribution >= 0.6 is 0 Å². The molecule has 0 spiro atoms. The summed E-state index contributed by atoms with van der Waals surface area (Å²) in [4.78, 5) is 16.8. The molecule has 2 aromatic carbocycles. The number of nitrogens with zero attached hydrogens (tertiary/aromatic N) is 2. The van der Waals surface area contributed by atoms with Crippen LogP contribution in [0.1, 0.15) is 21.5 Å². The first-order valence-corrected chi connectivity index (χ1v) is 10.9. The van der Waals surface area contributed by atoms with Crippen molar-refractivity contribution < 1.29 is 13.2 Å². The minimum Gasteiger partial charge on any atom is -0.352 e. The number of carbonyl (C=O) groups excluding carboxylic acids is 1. The van der Waals surface area contributed by atoms with E-state index >= 15 is 0 Å². The van der Waals surface area contributed by atoms with Crippen molar-refractivity contribution in [2.24, 2.45) is 0 Å². The van der Waals surface area contributed by atoms with Crippen LogP contribution in [0.4, 0.5) is 5.69 Å². The number of fused-ring (bicyclic) bond motifs is 1. The summed E-state index contributed by atoms with van der Waals surface area (Å²) in [6, 6.07) is 17.4. The molecule has 148 valence electrons. The van der Waals surface area contributed by atoms with E-state index in [4.69, 9.17) is 0 Å². The van der Waals surface area contributed by atoms with Gasteiger partial charge < -0.3 is 5.32 Å². The van der Waals surface area contributed by atoms with E-state index in [1.807, 2.05) is 18.2 Å². The molecule has 1 aliphatic rings. The van der Waals surface area contributed by atoms with E-state index in [2.05, 4.69) is 10.3 Å². The van der Waals surface area contributed by atoms with Gasteiger partial charge in [-0.1, -0.05) is 24.3 Å². The van der Waals surface area contributed by atoms with Crippen LogP contribution < -0.4 is 9.62 Å². The molecule has 0 radical (unpaired) electrons.